The van der Waals surface area contributed by atoms with Crippen LogP contribution in [0.2, 0.25) is 5.02 Å². The molecule has 1 atom stereocenters. The average molecular weight is 304 g/mol. The Labute approximate surface area is 118 Å². The molecule has 0 saturated carbocycles. The van der Waals surface area contributed by atoms with Crippen LogP contribution in [-0.2, 0) is 6.42 Å². The van der Waals surface area contributed by atoms with Crippen LogP contribution >= 0.6 is 11.6 Å². The van der Waals surface area contributed by atoms with Gasteiger partial charge in [0, 0.05) is 11.1 Å². The molecular weight excluding hydrogens is 294 g/mol. The van der Waals surface area contributed by atoms with Gasteiger partial charge in [0.25, 0.3) is 0 Å². The fourth-order valence-corrected chi connectivity index (χ4v) is 2.14. The summed E-state index contributed by atoms with van der Waals surface area (Å²) in [4.78, 5) is 0. The maximum atomic E-state index is 13.2. The molecule has 0 saturated heterocycles. The minimum Gasteiger partial charge on any atom is -0.324 e. The first-order chi connectivity index (χ1) is 9.38. The number of rotatable bonds is 3. The Hall–Kier alpha value is -1.59. The van der Waals surface area contributed by atoms with Crippen molar-refractivity contribution in [2.45, 2.75) is 12.5 Å². The molecule has 0 aromatic heterocycles. The maximum Gasteiger partial charge on any atom is 0.160 e. The number of hydrogen-bond acceptors (Lipinski definition) is 1. The number of hydrogen-bond donors (Lipinski definition) is 1. The molecule has 0 aliphatic carbocycles. The van der Waals surface area contributed by atoms with E-state index in [0.29, 0.717) is 5.56 Å². The number of halogens is 5. The van der Waals surface area contributed by atoms with Crippen molar-refractivity contribution in [1.82, 2.24) is 0 Å². The topological polar surface area (TPSA) is 26.0 Å². The smallest absolute Gasteiger partial charge is 0.160 e. The summed E-state index contributed by atoms with van der Waals surface area (Å²) in [5.41, 5.74) is 6.48. The van der Waals surface area contributed by atoms with Crippen molar-refractivity contribution in [3.63, 3.8) is 0 Å². The second-order valence-electron chi connectivity index (χ2n) is 4.35. The van der Waals surface area contributed by atoms with Gasteiger partial charge in [-0.25, -0.2) is 17.6 Å². The minimum atomic E-state index is -1.07. The van der Waals surface area contributed by atoms with E-state index in [9.17, 15) is 17.6 Å². The van der Waals surface area contributed by atoms with E-state index in [-0.39, 0.29) is 17.0 Å². The lowest BCUT2D eigenvalue weighted by molar-refractivity contribution is 0.503. The molecule has 0 heterocycles. The van der Waals surface area contributed by atoms with Gasteiger partial charge in [0.2, 0.25) is 0 Å². The summed E-state index contributed by atoms with van der Waals surface area (Å²) in [6, 6.07) is 4.32. The van der Waals surface area contributed by atoms with Crippen LogP contribution in [0.3, 0.4) is 0 Å². The highest BCUT2D eigenvalue weighted by Gasteiger charge is 2.16. The van der Waals surface area contributed by atoms with E-state index in [1.54, 1.807) is 0 Å². The van der Waals surface area contributed by atoms with E-state index in [0.717, 1.165) is 24.3 Å². The Balaban J connectivity index is 2.25. The molecule has 0 bridgehead atoms. The fourth-order valence-electron chi connectivity index (χ4n) is 1.85. The molecule has 0 fully saturated rings. The van der Waals surface area contributed by atoms with Crippen molar-refractivity contribution < 1.29 is 17.6 Å². The monoisotopic (exact) mass is 303 g/mol. The molecule has 20 heavy (non-hydrogen) atoms. The number of nitrogens with two attached hydrogens (primary N) is 1. The van der Waals surface area contributed by atoms with Gasteiger partial charge in [-0.2, -0.15) is 0 Å². The van der Waals surface area contributed by atoms with Crippen molar-refractivity contribution in [3.05, 3.63) is 69.8 Å². The molecule has 106 valence electrons. The highest BCUT2D eigenvalue weighted by Crippen LogP contribution is 2.27. The van der Waals surface area contributed by atoms with Crippen LogP contribution in [0.4, 0.5) is 17.6 Å². The van der Waals surface area contributed by atoms with Gasteiger partial charge in [-0.15, -0.1) is 0 Å². The average Bonchev–Trinajstić information content (AvgIpc) is 2.38. The number of benzene rings is 2. The summed E-state index contributed by atoms with van der Waals surface area (Å²) in [7, 11) is 0. The normalized spacial score (nSPS) is 12.5. The predicted octanol–water partition coefficient (Wildman–Crippen LogP) is 4.14. The van der Waals surface area contributed by atoms with Crippen LogP contribution in [0.1, 0.15) is 17.2 Å². The first-order valence-corrected chi connectivity index (χ1v) is 6.10. The Bertz CT molecular complexity index is 645. The lowest BCUT2D eigenvalue weighted by Crippen LogP contribution is -2.14. The summed E-state index contributed by atoms with van der Waals surface area (Å²) in [6.45, 7) is 0. The van der Waals surface area contributed by atoms with Crippen molar-refractivity contribution >= 4 is 11.6 Å². The summed E-state index contributed by atoms with van der Waals surface area (Å²) >= 11 is 5.80. The third kappa shape index (κ3) is 3.11. The quantitative estimate of drug-likeness (QED) is 0.669. The van der Waals surface area contributed by atoms with Crippen LogP contribution in [0.15, 0.2) is 30.3 Å². The Morgan fingerprint density at radius 3 is 2.15 bits per heavy atom. The highest BCUT2D eigenvalue weighted by molar-refractivity contribution is 6.31. The maximum absolute atomic E-state index is 13.2. The van der Waals surface area contributed by atoms with E-state index in [1.807, 2.05) is 0 Å². The summed E-state index contributed by atoms with van der Waals surface area (Å²) in [5, 5.41) is -0.0148. The molecule has 0 aliphatic heterocycles. The van der Waals surface area contributed by atoms with Crippen LogP contribution in [-0.4, -0.2) is 0 Å². The molecule has 2 N–H and O–H groups in total. The molecule has 1 nitrogen and oxygen atoms in total. The van der Waals surface area contributed by atoms with Gasteiger partial charge in [-0.05, 0) is 41.8 Å². The van der Waals surface area contributed by atoms with Crippen molar-refractivity contribution in [1.29, 1.82) is 0 Å². The standard InChI is InChI=1S/C14H10ClF4N/c15-9-6-13(19)12(18)5-8(9)14(20)4-7-1-2-10(16)11(17)3-7/h1-3,5-6,14H,4,20H2. The van der Waals surface area contributed by atoms with Crippen LogP contribution in [0.25, 0.3) is 0 Å². The summed E-state index contributed by atoms with van der Waals surface area (Å²) in [5.74, 6) is -4.09. The van der Waals surface area contributed by atoms with Crippen LogP contribution < -0.4 is 5.73 Å². The van der Waals surface area contributed by atoms with Crippen molar-refractivity contribution in [3.8, 4) is 0 Å². The first-order valence-electron chi connectivity index (χ1n) is 5.72. The van der Waals surface area contributed by atoms with Crippen LogP contribution in [0, 0.1) is 23.3 Å². The molecule has 0 spiro atoms. The largest absolute Gasteiger partial charge is 0.324 e. The van der Waals surface area contributed by atoms with E-state index >= 15 is 0 Å². The molecule has 0 aliphatic rings. The Morgan fingerprint density at radius 2 is 1.50 bits per heavy atom. The van der Waals surface area contributed by atoms with Crippen LogP contribution in [0.5, 0.6) is 0 Å². The van der Waals surface area contributed by atoms with Gasteiger partial charge in [0.05, 0.1) is 0 Å². The van der Waals surface area contributed by atoms with Gasteiger partial charge in [0.1, 0.15) is 0 Å². The summed E-state index contributed by atoms with van der Waals surface area (Å²) in [6.07, 6.45) is 0.113. The van der Waals surface area contributed by atoms with E-state index in [2.05, 4.69) is 0 Å². The molecule has 6 heteroatoms. The first kappa shape index (κ1) is 14.8. The van der Waals surface area contributed by atoms with Crippen molar-refractivity contribution in [2.24, 2.45) is 5.73 Å². The molecule has 2 aromatic carbocycles. The molecule has 1 unspecified atom stereocenters. The van der Waals surface area contributed by atoms with E-state index in [4.69, 9.17) is 17.3 Å². The third-order valence-electron chi connectivity index (χ3n) is 2.88. The van der Waals surface area contributed by atoms with Gasteiger partial charge >= 0.3 is 0 Å². The second kappa shape index (κ2) is 5.81. The lowest BCUT2D eigenvalue weighted by Gasteiger charge is -2.14. The lowest BCUT2D eigenvalue weighted by atomic mass is 9.99. The zero-order valence-electron chi connectivity index (χ0n) is 10.1. The van der Waals surface area contributed by atoms with Gasteiger partial charge in [-0.1, -0.05) is 17.7 Å². The Morgan fingerprint density at radius 1 is 0.900 bits per heavy atom. The zero-order valence-corrected chi connectivity index (χ0v) is 10.9. The van der Waals surface area contributed by atoms with Gasteiger partial charge in [0.15, 0.2) is 23.3 Å². The SMILES string of the molecule is NC(Cc1ccc(F)c(F)c1)c1cc(F)c(F)cc1Cl. The molecular formula is C14H10ClF4N. The molecule has 2 aromatic rings. The highest BCUT2D eigenvalue weighted by atomic mass is 35.5. The third-order valence-corrected chi connectivity index (χ3v) is 3.21. The van der Waals surface area contributed by atoms with Gasteiger partial charge < -0.3 is 5.73 Å². The minimum absolute atomic E-state index is 0.0148. The summed E-state index contributed by atoms with van der Waals surface area (Å²) < 4.78 is 52.0. The van der Waals surface area contributed by atoms with Gasteiger partial charge in [-0.3, -0.25) is 0 Å². The molecule has 0 amide bonds. The molecule has 0 radical (unpaired) electrons. The Kier molecular flexibility index (Phi) is 4.30. The molecule has 2 rings (SSSR count). The van der Waals surface area contributed by atoms with E-state index in [1.165, 1.54) is 6.07 Å². The fraction of sp³-hybridized carbons (Fsp3) is 0.143. The van der Waals surface area contributed by atoms with Crippen molar-refractivity contribution in [2.75, 3.05) is 0 Å². The predicted molar refractivity (Wildman–Crippen MR) is 68.4 cm³/mol. The zero-order chi connectivity index (χ0) is 14.9. The second-order valence-corrected chi connectivity index (χ2v) is 4.75. The van der Waals surface area contributed by atoms with E-state index < -0.39 is 29.3 Å².